The number of thiocarbonyl (C=S) groups is 1. The summed E-state index contributed by atoms with van der Waals surface area (Å²) in [5, 5.41) is 7.02. The van der Waals surface area contributed by atoms with Gasteiger partial charge >= 0.3 is 0 Å². The predicted molar refractivity (Wildman–Crippen MR) is 89.3 cm³/mol. The van der Waals surface area contributed by atoms with Crippen molar-refractivity contribution in [2.45, 2.75) is 0 Å². The number of ether oxygens (including phenoxy) is 1. The maximum Gasteiger partial charge on any atom is 0.175 e. The maximum absolute atomic E-state index is 13.6. The smallest absolute Gasteiger partial charge is 0.175 e. The van der Waals surface area contributed by atoms with Crippen LogP contribution in [0.25, 0.3) is 0 Å². The molecule has 0 bridgehead atoms. The molecular weight excluding hydrogens is 334 g/mol. The summed E-state index contributed by atoms with van der Waals surface area (Å²) in [6.45, 7) is 0. The topological polar surface area (TPSA) is 33.3 Å². The monoisotopic (exact) mass is 344 g/mol. The zero-order valence-electron chi connectivity index (χ0n) is 10.9. The second-order valence-corrected chi connectivity index (χ2v) is 5.30. The molecule has 21 heavy (non-hydrogen) atoms. The third kappa shape index (κ3) is 4.20. The molecule has 0 unspecified atom stereocenters. The number of nitrogens with one attached hydrogen (secondary N) is 2. The van der Waals surface area contributed by atoms with Gasteiger partial charge in [0.1, 0.15) is 0 Å². The van der Waals surface area contributed by atoms with E-state index in [1.54, 1.807) is 24.3 Å². The molecule has 0 fully saturated rings. The molecule has 0 atom stereocenters. The summed E-state index contributed by atoms with van der Waals surface area (Å²) in [6.07, 6.45) is 0. The van der Waals surface area contributed by atoms with E-state index in [2.05, 4.69) is 10.6 Å². The Kier molecular flexibility index (Phi) is 5.22. The second kappa shape index (κ2) is 6.93. The molecule has 0 aliphatic carbocycles. The fraction of sp³-hybridized carbons (Fsp3) is 0.0714. The van der Waals surface area contributed by atoms with Crippen molar-refractivity contribution in [1.29, 1.82) is 0 Å². The van der Waals surface area contributed by atoms with E-state index in [9.17, 15) is 4.39 Å². The zero-order chi connectivity index (χ0) is 15.4. The Morgan fingerprint density at radius 1 is 1.14 bits per heavy atom. The van der Waals surface area contributed by atoms with Crippen molar-refractivity contribution in [3.63, 3.8) is 0 Å². The minimum Gasteiger partial charge on any atom is -0.494 e. The molecule has 0 aromatic heterocycles. The molecule has 2 N–H and O–H groups in total. The number of hydrogen-bond donors (Lipinski definition) is 2. The van der Waals surface area contributed by atoms with E-state index in [0.29, 0.717) is 21.4 Å². The van der Waals surface area contributed by atoms with Gasteiger partial charge in [-0.1, -0.05) is 23.2 Å². The highest BCUT2D eigenvalue weighted by atomic mass is 35.5. The molecule has 0 saturated carbocycles. The highest BCUT2D eigenvalue weighted by Crippen LogP contribution is 2.26. The number of methoxy groups -OCH3 is 1. The Labute approximate surface area is 137 Å². The van der Waals surface area contributed by atoms with Crippen molar-refractivity contribution in [2.24, 2.45) is 0 Å². The van der Waals surface area contributed by atoms with Gasteiger partial charge in [0.15, 0.2) is 16.7 Å². The molecular formula is C14H11Cl2FN2OS. The van der Waals surface area contributed by atoms with E-state index in [1.165, 1.54) is 19.2 Å². The lowest BCUT2D eigenvalue weighted by atomic mass is 10.3. The van der Waals surface area contributed by atoms with Gasteiger partial charge in [0.25, 0.3) is 0 Å². The zero-order valence-corrected chi connectivity index (χ0v) is 13.2. The van der Waals surface area contributed by atoms with Crippen molar-refractivity contribution in [1.82, 2.24) is 0 Å². The molecule has 7 heteroatoms. The van der Waals surface area contributed by atoms with Crippen LogP contribution in [0.2, 0.25) is 10.0 Å². The predicted octanol–water partition coefficient (Wildman–Crippen LogP) is 4.95. The van der Waals surface area contributed by atoms with Crippen LogP contribution in [0, 0.1) is 5.82 Å². The average Bonchev–Trinajstić information content (AvgIpc) is 2.42. The van der Waals surface area contributed by atoms with Crippen LogP contribution < -0.4 is 15.4 Å². The number of halogens is 3. The van der Waals surface area contributed by atoms with E-state index < -0.39 is 5.82 Å². The Morgan fingerprint density at radius 2 is 1.90 bits per heavy atom. The van der Waals surface area contributed by atoms with Gasteiger partial charge in [-0.25, -0.2) is 4.39 Å². The molecule has 0 amide bonds. The molecule has 0 saturated heterocycles. The Hall–Kier alpha value is -1.56. The summed E-state index contributed by atoms with van der Waals surface area (Å²) in [5.41, 5.74) is 1.10. The lowest BCUT2D eigenvalue weighted by molar-refractivity contribution is 0.387. The fourth-order valence-electron chi connectivity index (χ4n) is 1.62. The lowest BCUT2D eigenvalue weighted by Gasteiger charge is -2.12. The van der Waals surface area contributed by atoms with Gasteiger partial charge in [0.2, 0.25) is 0 Å². The van der Waals surface area contributed by atoms with Gasteiger partial charge in [-0.3, -0.25) is 0 Å². The van der Waals surface area contributed by atoms with E-state index in [0.717, 1.165) is 0 Å². The molecule has 2 aromatic carbocycles. The summed E-state index contributed by atoms with van der Waals surface area (Å²) in [7, 11) is 1.40. The quantitative estimate of drug-likeness (QED) is 0.771. The maximum atomic E-state index is 13.6. The first-order valence-electron chi connectivity index (χ1n) is 5.86. The number of rotatable bonds is 3. The van der Waals surface area contributed by atoms with Gasteiger partial charge in [-0.05, 0) is 42.5 Å². The van der Waals surface area contributed by atoms with Crippen LogP contribution in [0.5, 0.6) is 5.75 Å². The van der Waals surface area contributed by atoms with Crippen molar-refractivity contribution in [3.8, 4) is 5.75 Å². The normalized spacial score (nSPS) is 10.1. The number of anilines is 2. The van der Waals surface area contributed by atoms with E-state index in [1.807, 2.05) is 0 Å². The first kappa shape index (κ1) is 15.8. The first-order valence-corrected chi connectivity index (χ1v) is 7.02. The molecule has 0 aliphatic rings. The Bertz CT molecular complexity index is 682. The largest absolute Gasteiger partial charge is 0.494 e. The summed E-state index contributed by atoms with van der Waals surface area (Å²) in [6, 6.07) is 9.44. The third-order valence-electron chi connectivity index (χ3n) is 2.59. The molecule has 0 heterocycles. The molecule has 0 radical (unpaired) electrons. The van der Waals surface area contributed by atoms with Crippen molar-refractivity contribution in [3.05, 3.63) is 52.3 Å². The lowest BCUT2D eigenvalue weighted by Crippen LogP contribution is -2.19. The van der Waals surface area contributed by atoms with Gasteiger partial charge in [0.05, 0.1) is 17.8 Å². The van der Waals surface area contributed by atoms with Crippen LogP contribution in [0.15, 0.2) is 36.4 Å². The van der Waals surface area contributed by atoms with Crippen LogP contribution in [0.1, 0.15) is 0 Å². The Balaban J connectivity index is 2.06. The van der Waals surface area contributed by atoms with Crippen molar-refractivity contribution >= 4 is 51.9 Å². The van der Waals surface area contributed by atoms with Gasteiger partial charge < -0.3 is 15.4 Å². The van der Waals surface area contributed by atoms with Crippen LogP contribution >= 0.6 is 35.4 Å². The standard InChI is InChI=1S/C14H11Cl2FN2OS/c1-20-13-5-3-9(7-11(13)17)18-14(21)19-12-4-2-8(15)6-10(12)16/h2-7H,1H3,(H2,18,19,21). The van der Waals surface area contributed by atoms with Crippen molar-refractivity contribution in [2.75, 3.05) is 17.7 Å². The minimum atomic E-state index is -0.477. The van der Waals surface area contributed by atoms with Gasteiger partial charge in [-0.15, -0.1) is 0 Å². The Morgan fingerprint density at radius 3 is 2.52 bits per heavy atom. The third-order valence-corrected chi connectivity index (χ3v) is 3.34. The average molecular weight is 345 g/mol. The summed E-state index contributed by atoms with van der Waals surface area (Å²) in [5.74, 6) is -0.310. The van der Waals surface area contributed by atoms with E-state index >= 15 is 0 Å². The van der Waals surface area contributed by atoms with Crippen molar-refractivity contribution < 1.29 is 9.13 Å². The number of benzene rings is 2. The molecule has 0 aliphatic heterocycles. The molecule has 2 aromatic rings. The fourth-order valence-corrected chi connectivity index (χ4v) is 2.30. The van der Waals surface area contributed by atoms with E-state index in [4.69, 9.17) is 40.2 Å². The van der Waals surface area contributed by atoms with Crippen LogP contribution in [0.3, 0.4) is 0 Å². The van der Waals surface area contributed by atoms with Crippen LogP contribution in [-0.4, -0.2) is 12.2 Å². The molecule has 3 nitrogen and oxygen atoms in total. The summed E-state index contributed by atoms with van der Waals surface area (Å²) in [4.78, 5) is 0. The van der Waals surface area contributed by atoms with Crippen LogP contribution in [0.4, 0.5) is 15.8 Å². The second-order valence-electron chi connectivity index (χ2n) is 4.05. The molecule has 0 spiro atoms. The first-order chi connectivity index (χ1) is 9.99. The SMILES string of the molecule is COc1ccc(NC(=S)Nc2ccc(Cl)cc2Cl)cc1F. The molecule has 110 valence electrons. The highest BCUT2D eigenvalue weighted by Gasteiger charge is 2.06. The van der Waals surface area contributed by atoms with Gasteiger partial charge in [0, 0.05) is 16.8 Å². The van der Waals surface area contributed by atoms with Crippen LogP contribution in [-0.2, 0) is 0 Å². The van der Waals surface area contributed by atoms with Gasteiger partial charge in [-0.2, -0.15) is 0 Å². The molecule has 2 rings (SSSR count). The van der Waals surface area contributed by atoms with E-state index in [-0.39, 0.29) is 10.9 Å². The highest BCUT2D eigenvalue weighted by molar-refractivity contribution is 7.80. The summed E-state index contributed by atoms with van der Waals surface area (Å²) >= 11 is 17.0. The summed E-state index contributed by atoms with van der Waals surface area (Å²) < 4.78 is 18.4. The number of hydrogen-bond acceptors (Lipinski definition) is 2. The minimum absolute atomic E-state index is 0.167.